The molecule has 0 saturated heterocycles. The van der Waals surface area contributed by atoms with E-state index in [4.69, 9.17) is 11.6 Å². The van der Waals surface area contributed by atoms with Crippen LogP contribution in [0.25, 0.3) is 0 Å². The van der Waals surface area contributed by atoms with Crippen molar-refractivity contribution in [2.24, 2.45) is 5.92 Å². The van der Waals surface area contributed by atoms with Crippen molar-refractivity contribution in [2.75, 3.05) is 5.32 Å². The van der Waals surface area contributed by atoms with E-state index in [0.29, 0.717) is 5.92 Å². The first-order chi connectivity index (χ1) is 8.82. The van der Waals surface area contributed by atoms with Gasteiger partial charge in [0.2, 0.25) is 5.91 Å². The lowest BCUT2D eigenvalue weighted by Gasteiger charge is -2.17. The molecule has 1 N–H and O–H groups in total. The predicted octanol–water partition coefficient (Wildman–Crippen LogP) is 4.63. The molecule has 0 bridgehead atoms. The minimum atomic E-state index is -0.458. The molecule has 1 aromatic carbocycles. The van der Waals surface area contributed by atoms with Crippen molar-refractivity contribution < 1.29 is 4.79 Å². The smallest absolute Gasteiger partial charge is 0.234 e. The van der Waals surface area contributed by atoms with Crippen molar-refractivity contribution in [3.05, 3.63) is 29.3 Å². The van der Waals surface area contributed by atoms with Gasteiger partial charge in [0.05, 0.1) is 10.8 Å². The standard InChI is InChI=1S/C16H22ClNO/c1-10(2)5-7-13(17)11-6-8-14-12(9-11)16(3,4)15(19)18-14/h6,8-10,13H,5,7H2,1-4H3,(H,18,19). The second-order valence-electron chi connectivity index (χ2n) is 6.32. The summed E-state index contributed by atoms with van der Waals surface area (Å²) < 4.78 is 0. The van der Waals surface area contributed by atoms with Crippen LogP contribution in [0.3, 0.4) is 0 Å². The Morgan fingerprint density at radius 3 is 2.58 bits per heavy atom. The summed E-state index contributed by atoms with van der Waals surface area (Å²) >= 11 is 6.48. The van der Waals surface area contributed by atoms with Crippen molar-refractivity contribution in [1.82, 2.24) is 0 Å². The molecule has 1 atom stereocenters. The second-order valence-corrected chi connectivity index (χ2v) is 6.85. The van der Waals surface area contributed by atoms with Crippen LogP contribution in [0.5, 0.6) is 0 Å². The summed E-state index contributed by atoms with van der Waals surface area (Å²) in [4.78, 5) is 11.9. The SMILES string of the molecule is CC(C)CCC(Cl)c1ccc2c(c1)C(C)(C)C(=O)N2. The molecular formula is C16H22ClNO. The van der Waals surface area contributed by atoms with Crippen LogP contribution in [0.1, 0.15) is 57.0 Å². The van der Waals surface area contributed by atoms with Gasteiger partial charge in [-0.1, -0.05) is 26.0 Å². The molecule has 2 rings (SSSR count). The zero-order valence-corrected chi connectivity index (χ0v) is 12.8. The molecule has 0 saturated carbocycles. The Balaban J connectivity index is 2.23. The number of carbonyl (C=O) groups excluding carboxylic acids is 1. The molecule has 1 aliphatic rings. The highest BCUT2D eigenvalue weighted by atomic mass is 35.5. The third-order valence-electron chi connectivity index (χ3n) is 3.89. The fourth-order valence-electron chi connectivity index (χ4n) is 2.43. The molecule has 2 nitrogen and oxygen atoms in total. The van der Waals surface area contributed by atoms with Crippen LogP contribution in [0.4, 0.5) is 5.69 Å². The molecule has 1 unspecified atom stereocenters. The second kappa shape index (κ2) is 5.16. The number of halogens is 1. The fourth-order valence-corrected chi connectivity index (χ4v) is 2.69. The lowest BCUT2D eigenvalue weighted by molar-refractivity contribution is -0.119. The van der Waals surface area contributed by atoms with E-state index in [1.54, 1.807) is 0 Å². The van der Waals surface area contributed by atoms with E-state index in [1.807, 2.05) is 26.0 Å². The zero-order chi connectivity index (χ0) is 14.2. The van der Waals surface area contributed by atoms with Crippen molar-refractivity contribution in [3.8, 4) is 0 Å². The lowest BCUT2D eigenvalue weighted by Crippen LogP contribution is -2.26. The molecule has 0 aliphatic carbocycles. The quantitative estimate of drug-likeness (QED) is 0.800. The molecule has 19 heavy (non-hydrogen) atoms. The molecule has 104 valence electrons. The van der Waals surface area contributed by atoms with E-state index < -0.39 is 5.41 Å². The number of amides is 1. The minimum absolute atomic E-state index is 0.0270. The van der Waals surface area contributed by atoms with Crippen LogP contribution in [0.15, 0.2) is 18.2 Å². The van der Waals surface area contributed by atoms with E-state index in [-0.39, 0.29) is 11.3 Å². The third-order valence-corrected chi connectivity index (χ3v) is 4.36. The van der Waals surface area contributed by atoms with E-state index in [9.17, 15) is 4.79 Å². The Bertz CT molecular complexity index is 494. The van der Waals surface area contributed by atoms with Gasteiger partial charge in [0.1, 0.15) is 0 Å². The van der Waals surface area contributed by atoms with Gasteiger partial charge in [-0.2, -0.15) is 0 Å². The molecule has 3 heteroatoms. The van der Waals surface area contributed by atoms with Gasteiger partial charge >= 0.3 is 0 Å². The monoisotopic (exact) mass is 279 g/mol. The molecule has 1 aliphatic heterocycles. The van der Waals surface area contributed by atoms with Crippen LogP contribution in [0, 0.1) is 5.92 Å². The van der Waals surface area contributed by atoms with Gasteiger partial charge in [0.15, 0.2) is 0 Å². The summed E-state index contributed by atoms with van der Waals surface area (Å²) in [6.07, 6.45) is 2.09. The Morgan fingerprint density at radius 2 is 1.95 bits per heavy atom. The number of fused-ring (bicyclic) bond motifs is 1. The summed E-state index contributed by atoms with van der Waals surface area (Å²) in [6, 6.07) is 6.09. The third kappa shape index (κ3) is 2.79. The number of hydrogen-bond donors (Lipinski definition) is 1. The molecule has 1 aromatic rings. The van der Waals surface area contributed by atoms with Gasteiger partial charge in [-0.05, 0) is 49.8 Å². The summed E-state index contributed by atoms with van der Waals surface area (Å²) in [5.41, 5.74) is 2.64. The zero-order valence-electron chi connectivity index (χ0n) is 12.1. The number of alkyl halides is 1. The number of benzene rings is 1. The highest BCUT2D eigenvalue weighted by Gasteiger charge is 2.38. The van der Waals surface area contributed by atoms with Gasteiger partial charge < -0.3 is 5.32 Å². The normalized spacial score (nSPS) is 18.3. The average molecular weight is 280 g/mol. The first-order valence-corrected chi connectivity index (χ1v) is 7.36. The molecule has 0 spiro atoms. The molecule has 1 heterocycles. The van der Waals surface area contributed by atoms with Gasteiger partial charge in [-0.25, -0.2) is 0 Å². The summed E-state index contributed by atoms with van der Waals surface area (Å²) in [6.45, 7) is 8.32. The van der Waals surface area contributed by atoms with E-state index in [0.717, 1.165) is 29.7 Å². The number of carbonyl (C=O) groups is 1. The lowest BCUT2D eigenvalue weighted by atomic mass is 9.85. The van der Waals surface area contributed by atoms with Crippen molar-refractivity contribution in [3.63, 3.8) is 0 Å². The Labute approximate surface area is 120 Å². The maximum Gasteiger partial charge on any atom is 0.234 e. The fraction of sp³-hybridized carbons (Fsp3) is 0.562. The predicted molar refractivity (Wildman–Crippen MR) is 80.8 cm³/mol. The summed E-state index contributed by atoms with van der Waals surface area (Å²) in [5, 5.41) is 2.95. The Morgan fingerprint density at radius 1 is 1.26 bits per heavy atom. The van der Waals surface area contributed by atoms with E-state index in [2.05, 4.69) is 25.2 Å². The van der Waals surface area contributed by atoms with Gasteiger partial charge in [-0.3, -0.25) is 4.79 Å². The average Bonchev–Trinajstić information content (AvgIpc) is 2.57. The number of anilines is 1. The summed E-state index contributed by atoms with van der Waals surface area (Å²) in [7, 11) is 0. The Hall–Kier alpha value is -1.02. The summed E-state index contributed by atoms with van der Waals surface area (Å²) in [5.74, 6) is 0.725. The van der Waals surface area contributed by atoms with Crippen molar-refractivity contribution >= 4 is 23.2 Å². The largest absolute Gasteiger partial charge is 0.325 e. The number of hydrogen-bond acceptors (Lipinski definition) is 1. The molecular weight excluding hydrogens is 258 g/mol. The van der Waals surface area contributed by atoms with Gasteiger partial charge in [0, 0.05) is 5.69 Å². The van der Waals surface area contributed by atoms with Crippen LogP contribution >= 0.6 is 11.6 Å². The minimum Gasteiger partial charge on any atom is -0.325 e. The Kier molecular flexibility index (Phi) is 3.91. The van der Waals surface area contributed by atoms with Crippen LogP contribution in [-0.4, -0.2) is 5.91 Å². The maximum absolute atomic E-state index is 11.9. The van der Waals surface area contributed by atoms with E-state index in [1.165, 1.54) is 0 Å². The maximum atomic E-state index is 11.9. The molecule has 0 fully saturated rings. The first-order valence-electron chi connectivity index (χ1n) is 6.92. The van der Waals surface area contributed by atoms with Crippen LogP contribution < -0.4 is 5.32 Å². The molecule has 0 aromatic heterocycles. The van der Waals surface area contributed by atoms with Crippen molar-refractivity contribution in [1.29, 1.82) is 0 Å². The van der Waals surface area contributed by atoms with Gasteiger partial charge in [0.25, 0.3) is 0 Å². The number of nitrogens with one attached hydrogen (secondary N) is 1. The first kappa shape index (κ1) is 14.4. The van der Waals surface area contributed by atoms with Crippen LogP contribution in [-0.2, 0) is 10.2 Å². The topological polar surface area (TPSA) is 29.1 Å². The van der Waals surface area contributed by atoms with Crippen molar-refractivity contribution in [2.45, 2.75) is 51.3 Å². The highest BCUT2D eigenvalue weighted by Crippen LogP contribution is 2.40. The van der Waals surface area contributed by atoms with Gasteiger partial charge in [-0.15, -0.1) is 11.6 Å². The molecule has 1 amide bonds. The van der Waals surface area contributed by atoms with Crippen LogP contribution in [0.2, 0.25) is 0 Å². The van der Waals surface area contributed by atoms with E-state index >= 15 is 0 Å². The molecule has 0 radical (unpaired) electrons. The highest BCUT2D eigenvalue weighted by molar-refractivity contribution is 6.20. The number of rotatable bonds is 4.